The van der Waals surface area contributed by atoms with Crippen molar-refractivity contribution in [3.8, 4) is 0 Å². The van der Waals surface area contributed by atoms with Crippen molar-refractivity contribution < 1.29 is 4.79 Å². The van der Waals surface area contributed by atoms with Crippen LogP contribution in [0.4, 0.5) is 0 Å². The Balaban J connectivity index is 2.32. The molecule has 1 aromatic heterocycles. The first-order valence-electron chi connectivity index (χ1n) is 4.52. The summed E-state index contributed by atoms with van der Waals surface area (Å²) < 4.78 is 0. The molecule has 2 N–H and O–H groups in total. The number of carbonyl (C=O) groups is 1. The average molecular weight is 193 g/mol. The van der Waals surface area contributed by atoms with E-state index < -0.39 is 0 Å². The highest BCUT2D eigenvalue weighted by molar-refractivity contribution is 5.78. The number of aromatic amines is 1. The minimum atomic E-state index is -0.173. The van der Waals surface area contributed by atoms with Gasteiger partial charge in [-0.15, -0.1) is 0 Å². The van der Waals surface area contributed by atoms with Gasteiger partial charge in [-0.05, 0) is 13.3 Å². The van der Waals surface area contributed by atoms with Gasteiger partial charge in [0.15, 0.2) is 0 Å². The monoisotopic (exact) mass is 193 g/mol. The van der Waals surface area contributed by atoms with E-state index in [1.165, 1.54) is 6.07 Å². The molecule has 1 atom stereocenters. The van der Waals surface area contributed by atoms with Crippen LogP contribution in [-0.2, 0) is 4.79 Å². The molecule has 2 heterocycles. The molecule has 5 heteroatoms. The number of amides is 1. The normalized spacial score (nSPS) is 20.9. The minimum Gasteiger partial charge on any atom is -0.346 e. The van der Waals surface area contributed by atoms with Crippen molar-refractivity contribution in [3.05, 3.63) is 27.9 Å². The fourth-order valence-corrected chi connectivity index (χ4v) is 1.59. The average Bonchev–Trinajstić information content (AvgIpc) is 2.50. The molecule has 0 spiro atoms. The molecule has 0 aliphatic carbocycles. The Kier molecular flexibility index (Phi) is 2.07. The summed E-state index contributed by atoms with van der Waals surface area (Å²) in [6, 6.07) is 1.30. The van der Waals surface area contributed by atoms with E-state index >= 15 is 0 Å². The van der Waals surface area contributed by atoms with Crippen LogP contribution >= 0.6 is 0 Å². The molecule has 74 valence electrons. The van der Waals surface area contributed by atoms with Gasteiger partial charge in [-0.2, -0.15) is 0 Å². The van der Waals surface area contributed by atoms with Gasteiger partial charge in [-0.25, -0.2) is 4.98 Å². The molecule has 1 fully saturated rings. The van der Waals surface area contributed by atoms with Gasteiger partial charge in [0, 0.05) is 18.2 Å². The lowest BCUT2D eigenvalue weighted by Crippen LogP contribution is -2.23. The summed E-state index contributed by atoms with van der Waals surface area (Å²) in [5, 5.41) is 2.75. The summed E-state index contributed by atoms with van der Waals surface area (Å²) in [5.41, 5.74) is 0.499. The summed E-state index contributed by atoms with van der Waals surface area (Å²) in [6.45, 7) is 1.76. The number of rotatable bonds is 1. The van der Waals surface area contributed by atoms with Crippen LogP contribution < -0.4 is 10.9 Å². The molecule has 1 aromatic rings. The second-order valence-corrected chi connectivity index (χ2v) is 3.43. The van der Waals surface area contributed by atoms with E-state index in [2.05, 4.69) is 15.3 Å². The van der Waals surface area contributed by atoms with Crippen molar-refractivity contribution in [1.29, 1.82) is 0 Å². The highest BCUT2D eigenvalue weighted by Gasteiger charge is 2.24. The van der Waals surface area contributed by atoms with Crippen molar-refractivity contribution in [1.82, 2.24) is 15.3 Å². The van der Waals surface area contributed by atoms with Crippen LogP contribution in [0, 0.1) is 6.92 Å². The molecule has 5 nitrogen and oxygen atoms in total. The van der Waals surface area contributed by atoms with Crippen molar-refractivity contribution in [2.75, 3.05) is 0 Å². The molecule has 1 amide bonds. The van der Waals surface area contributed by atoms with Crippen LogP contribution in [0.2, 0.25) is 0 Å². The van der Waals surface area contributed by atoms with Crippen molar-refractivity contribution >= 4 is 5.91 Å². The second-order valence-electron chi connectivity index (χ2n) is 3.43. The van der Waals surface area contributed by atoms with Gasteiger partial charge in [0.1, 0.15) is 5.82 Å². The molecule has 0 saturated carbocycles. The van der Waals surface area contributed by atoms with Crippen molar-refractivity contribution in [2.24, 2.45) is 0 Å². The Morgan fingerprint density at radius 1 is 1.50 bits per heavy atom. The van der Waals surface area contributed by atoms with Crippen molar-refractivity contribution in [2.45, 2.75) is 25.8 Å². The molecule has 2 rings (SSSR count). The van der Waals surface area contributed by atoms with Crippen LogP contribution in [0.3, 0.4) is 0 Å². The fourth-order valence-electron chi connectivity index (χ4n) is 1.59. The molecule has 0 radical (unpaired) electrons. The molecule has 0 aromatic carbocycles. The summed E-state index contributed by atoms with van der Waals surface area (Å²) in [5.74, 6) is 0.569. The lowest BCUT2D eigenvalue weighted by atomic mass is 10.2. The molecule has 1 aliphatic rings. The lowest BCUT2D eigenvalue weighted by molar-refractivity contribution is -0.119. The van der Waals surface area contributed by atoms with E-state index in [1.807, 2.05) is 0 Å². The second kappa shape index (κ2) is 3.25. The predicted octanol–water partition coefficient (Wildman–Crippen LogP) is 0.0294. The molecule has 1 unspecified atom stereocenters. The van der Waals surface area contributed by atoms with Crippen LogP contribution in [-0.4, -0.2) is 15.9 Å². The predicted molar refractivity (Wildman–Crippen MR) is 49.7 cm³/mol. The number of hydrogen-bond acceptors (Lipinski definition) is 3. The van der Waals surface area contributed by atoms with Gasteiger partial charge < -0.3 is 10.3 Å². The zero-order valence-electron chi connectivity index (χ0n) is 7.83. The molecule has 0 bridgehead atoms. The number of aromatic nitrogens is 2. The van der Waals surface area contributed by atoms with Crippen LogP contribution in [0.15, 0.2) is 10.9 Å². The maximum absolute atomic E-state index is 11.1. The number of H-pyrrole nitrogens is 1. The zero-order chi connectivity index (χ0) is 10.1. The third kappa shape index (κ3) is 1.66. The van der Waals surface area contributed by atoms with Gasteiger partial charge in [0.05, 0.1) is 6.04 Å². The Hall–Kier alpha value is -1.65. The third-order valence-corrected chi connectivity index (χ3v) is 2.21. The van der Waals surface area contributed by atoms with Gasteiger partial charge in [-0.1, -0.05) is 0 Å². The van der Waals surface area contributed by atoms with E-state index in [0.717, 1.165) is 0 Å². The Labute approximate surface area is 80.6 Å². The Morgan fingerprint density at radius 3 is 2.86 bits per heavy atom. The van der Waals surface area contributed by atoms with Crippen LogP contribution in [0.1, 0.15) is 30.4 Å². The molecule has 1 saturated heterocycles. The van der Waals surface area contributed by atoms with Gasteiger partial charge in [-0.3, -0.25) is 9.59 Å². The van der Waals surface area contributed by atoms with Crippen molar-refractivity contribution in [3.63, 3.8) is 0 Å². The molecular weight excluding hydrogens is 182 g/mol. The largest absolute Gasteiger partial charge is 0.346 e. The molecule has 1 aliphatic heterocycles. The highest BCUT2D eigenvalue weighted by atomic mass is 16.2. The molecular formula is C9H11N3O2. The summed E-state index contributed by atoms with van der Waals surface area (Å²) in [6.07, 6.45) is 1.20. The van der Waals surface area contributed by atoms with Crippen LogP contribution in [0.5, 0.6) is 0 Å². The number of carbonyl (C=O) groups excluding carboxylic acids is 1. The van der Waals surface area contributed by atoms with E-state index in [4.69, 9.17) is 0 Å². The maximum atomic E-state index is 11.1. The number of aryl methyl sites for hydroxylation is 1. The number of nitrogens with one attached hydrogen (secondary N) is 2. The number of nitrogens with zero attached hydrogens (tertiary/aromatic N) is 1. The summed E-state index contributed by atoms with van der Waals surface area (Å²) >= 11 is 0. The van der Waals surface area contributed by atoms with Gasteiger partial charge in [0.2, 0.25) is 5.91 Å². The Bertz CT molecular complexity index is 424. The minimum absolute atomic E-state index is 0.0131. The van der Waals surface area contributed by atoms with Gasteiger partial charge >= 0.3 is 0 Å². The topological polar surface area (TPSA) is 74.8 Å². The Morgan fingerprint density at radius 2 is 2.29 bits per heavy atom. The quantitative estimate of drug-likeness (QED) is 0.660. The highest BCUT2D eigenvalue weighted by Crippen LogP contribution is 2.19. The zero-order valence-corrected chi connectivity index (χ0v) is 7.83. The van der Waals surface area contributed by atoms with Gasteiger partial charge in [0.25, 0.3) is 5.56 Å². The molecule has 14 heavy (non-hydrogen) atoms. The summed E-state index contributed by atoms with van der Waals surface area (Å²) in [7, 11) is 0. The first-order valence-corrected chi connectivity index (χ1v) is 4.52. The smallest absolute Gasteiger partial charge is 0.251 e. The van der Waals surface area contributed by atoms with E-state index in [0.29, 0.717) is 24.4 Å². The first-order chi connectivity index (χ1) is 6.65. The SMILES string of the molecule is Cc1cc(=O)[nH]c(C2CCC(=O)N2)n1. The first kappa shape index (κ1) is 8.93. The third-order valence-electron chi connectivity index (χ3n) is 2.21. The standard InChI is InChI=1S/C9H11N3O2/c1-5-4-8(14)12-9(10-5)6-2-3-7(13)11-6/h4,6H,2-3H2,1H3,(H,11,13)(H,10,12,14). The number of hydrogen-bond donors (Lipinski definition) is 2. The van der Waals surface area contributed by atoms with Crippen LogP contribution in [0.25, 0.3) is 0 Å². The summed E-state index contributed by atoms with van der Waals surface area (Å²) in [4.78, 5) is 28.9. The fraction of sp³-hybridized carbons (Fsp3) is 0.444. The van der Waals surface area contributed by atoms with E-state index in [9.17, 15) is 9.59 Å². The van der Waals surface area contributed by atoms with E-state index in [1.54, 1.807) is 6.92 Å². The maximum Gasteiger partial charge on any atom is 0.251 e. The lowest BCUT2D eigenvalue weighted by Gasteiger charge is -2.08. The van der Waals surface area contributed by atoms with E-state index in [-0.39, 0.29) is 17.5 Å².